The Morgan fingerprint density at radius 1 is 0.568 bits per heavy atom. The van der Waals surface area contributed by atoms with Crippen LogP contribution in [0, 0.1) is 6.92 Å². The molecule has 0 spiro atoms. The first-order chi connectivity index (χ1) is 42.1. The van der Waals surface area contributed by atoms with Crippen molar-refractivity contribution >= 4 is 177 Å². The zero-order valence-corrected chi connectivity index (χ0v) is 55.9. The molecule has 0 aliphatic carbocycles. The van der Waals surface area contributed by atoms with Crippen LogP contribution in [0.25, 0.3) is 62.4 Å². The van der Waals surface area contributed by atoms with Gasteiger partial charge in [0.25, 0.3) is 5.56 Å². The summed E-state index contributed by atoms with van der Waals surface area (Å²) >= 11 is 14.5. The predicted molar refractivity (Wildman–Crippen MR) is 377 cm³/mol. The van der Waals surface area contributed by atoms with Crippen molar-refractivity contribution < 1.29 is 23.9 Å². The first-order valence-corrected chi connectivity index (χ1v) is 32.3. The third kappa shape index (κ3) is 14.9. The summed E-state index contributed by atoms with van der Waals surface area (Å²) in [6, 6.07) is 55.4. The number of carbonyl (C=O) groups excluding carboxylic acids is 4. The Bertz CT molecular complexity index is 4520. The molecule has 14 rings (SSSR count). The minimum Gasteiger partial charge on any atom is -0.465 e. The number of hydrogen-bond donors (Lipinski definition) is 5. The molecule has 0 saturated heterocycles. The number of benzene rings is 5. The molecule has 8 N–H and O–H groups in total. The summed E-state index contributed by atoms with van der Waals surface area (Å²) in [7, 11) is 3.05. The van der Waals surface area contributed by atoms with Gasteiger partial charge in [-0.1, -0.05) is 152 Å². The smallest absolute Gasteiger partial charge is 0.340 e. The van der Waals surface area contributed by atoms with E-state index in [0.717, 1.165) is 87.4 Å². The van der Waals surface area contributed by atoms with E-state index in [1.165, 1.54) is 52.5 Å². The second-order valence-corrected chi connectivity index (χ2v) is 25.9. The molecule has 3 aliphatic heterocycles. The number of thiophene rings is 5. The molecule has 0 bridgehead atoms. The summed E-state index contributed by atoms with van der Waals surface area (Å²) < 4.78 is 6.30. The van der Waals surface area contributed by atoms with Gasteiger partial charge in [-0.3, -0.25) is 24.2 Å². The molecule has 0 amide bonds. The van der Waals surface area contributed by atoms with E-state index in [0.29, 0.717) is 56.0 Å². The van der Waals surface area contributed by atoms with E-state index in [2.05, 4.69) is 79.0 Å². The number of carbonyl (C=O) groups is 4. The van der Waals surface area contributed by atoms with Crippen molar-refractivity contribution in [3.05, 3.63) is 217 Å². The van der Waals surface area contributed by atoms with E-state index in [4.69, 9.17) is 17.2 Å². The minimum absolute atomic E-state index is 0. The van der Waals surface area contributed by atoms with E-state index in [1.54, 1.807) is 31.4 Å². The summed E-state index contributed by atoms with van der Waals surface area (Å²) in [5.41, 5.74) is 25.0. The van der Waals surface area contributed by atoms with Crippen LogP contribution < -0.4 is 28.1 Å². The second kappa shape index (κ2) is 29.2. The number of anilines is 2. The number of amidine groups is 3. The largest absolute Gasteiger partial charge is 0.465 e. The number of H-pyrrole nitrogens is 1. The van der Waals surface area contributed by atoms with E-state index in [9.17, 15) is 24.0 Å². The Kier molecular flexibility index (Phi) is 21.4. The van der Waals surface area contributed by atoms with Gasteiger partial charge in [0.15, 0.2) is 17.3 Å². The number of aliphatic imine (C=N–C) groups is 3. The molecule has 15 nitrogen and oxygen atoms in total. The highest BCUT2D eigenvalue weighted by Crippen LogP contribution is 2.47. The van der Waals surface area contributed by atoms with Gasteiger partial charge in [0.2, 0.25) is 0 Å². The van der Waals surface area contributed by atoms with Gasteiger partial charge in [-0.2, -0.15) is 0 Å². The Morgan fingerprint density at radius 2 is 1.03 bits per heavy atom. The number of nitrogens with two attached hydrogens (primary N) is 3. The fraction of sp³-hybridized carbons (Fsp3) is 0.0923. The van der Waals surface area contributed by atoms with Crippen molar-refractivity contribution in [3.63, 3.8) is 0 Å². The van der Waals surface area contributed by atoms with E-state index >= 15 is 0 Å². The summed E-state index contributed by atoms with van der Waals surface area (Å²) in [5.74, 6) is 2.02. The Hall–Kier alpha value is -8.13. The Morgan fingerprint density at radius 3 is 1.57 bits per heavy atom. The van der Waals surface area contributed by atoms with Gasteiger partial charge < -0.3 is 32.2 Å². The lowest BCUT2D eigenvalue weighted by molar-refractivity contribution is 0.0602. The predicted octanol–water partition coefficient (Wildman–Crippen LogP) is 17.3. The minimum atomic E-state index is -0.393. The van der Waals surface area contributed by atoms with Crippen LogP contribution in [0.1, 0.15) is 66.5 Å². The first kappa shape index (κ1) is 64.3. The highest BCUT2D eigenvalue weighted by Gasteiger charge is 2.28. The van der Waals surface area contributed by atoms with Crippen molar-refractivity contribution in [2.45, 2.75) is 26.2 Å². The van der Waals surface area contributed by atoms with E-state index in [-0.39, 0.29) is 52.7 Å². The van der Waals surface area contributed by atoms with Gasteiger partial charge in [0.1, 0.15) is 48.2 Å². The molecule has 0 unspecified atom stereocenters. The number of nitrogens with one attached hydrogen (secondary N) is 2. The van der Waals surface area contributed by atoms with Crippen molar-refractivity contribution in [1.82, 2.24) is 9.97 Å². The number of nitrogens with zero attached hydrogens (tertiary/aromatic N) is 4. The van der Waals surface area contributed by atoms with Crippen molar-refractivity contribution in [1.29, 1.82) is 0 Å². The molecule has 0 atom stereocenters. The molecule has 444 valence electrons. The number of aromatic nitrogens is 2. The van der Waals surface area contributed by atoms with Crippen LogP contribution in [0.3, 0.4) is 0 Å². The highest BCUT2D eigenvalue weighted by atomic mass is 79.9. The van der Waals surface area contributed by atoms with Crippen LogP contribution in [0.15, 0.2) is 199 Å². The average Bonchev–Trinajstić information content (AvgIpc) is 1.97. The second-order valence-electron chi connectivity index (χ2n) is 19.2. The number of rotatable bonds is 6. The SMILES string of the molecule is Br.CN=C1CC(=O)c2cc(-c3ccccc3)sc2N1.COC(=O)c1cc(-c2ccccc2)sc1N.Cc1nc2sc(-c3ccccc3)c(Br)c2c(=O)[nH]1.NC1=Nc2sc(-c3ccccc3)c(Br)c2C(=O)C1.NC1=Nc2sc(-c3ccccc3)cc2C(=O)C1. The van der Waals surface area contributed by atoms with Crippen molar-refractivity contribution in [2.75, 3.05) is 25.2 Å². The lowest BCUT2D eigenvalue weighted by atomic mass is 10.1. The number of halogens is 3. The molecule has 6 aromatic heterocycles. The third-order valence-electron chi connectivity index (χ3n) is 13.2. The summed E-state index contributed by atoms with van der Waals surface area (Å²) in [4.78, 5) is 84.7. The summed E-state index contributed by atoms with van der Waals surface area (Å²) in [5, 5.41) is 6.68. The molecule has 88 heavy (non-hydrogen) atoms. The molecule has 0 radical (unpaired) electrons. The zero-order valence-electron chi connectivity index (χ0n) is 47.0. The van der Waals surface area contributed by atoms with Gasteiger partial charge in [-0.25, -0.2) is 19.8 Å². The molecule has 5 aromatic carbocycles. The van der Waals surface area contributed by atoms with E-state index < -0.39 is 5.97 Å². The first-order valence-electron chi connectivity index (χ1n) is 26.6. The number of fused-ring (bicyclic) bond motifs is 4. The topological polar surface area (TPSA) is 250 Å². The highest BCUT2D eigenvalue weighted by molar-refractivity contribution is 9.11. The Labute approximate surface area is 552 Å². The molecule has 0 saturated carbocycles. The maximum absolute atomic E-state index is 12.0. The number of hydrogen-bond acceptors (Lipinski definition) is 18. The molecular formula is C65H52Br3N9O6S5. The maximum atomic E-state index is 12.0. The van der Waals surface area contributed by atoms with Crippen molar-refractivity contribution in [2.24, 2.45) is 26.4 Å². The average molecular weight is 1460 g/mol. The summed E-state index contributed by atoms with van der Waals surface area (Å²) in [6.45, 7) is 1.79. The number of ketones is 3. The van der Waals surface area contributed by atoms with E-state index in [1.807, 2.05) is 152 Å². The van der Waals surface area contributed by atoms with Crippen LogP contribution in [0.4, 0.5) is 20.0 Å². The standard InChI is InChI=1S/C14H12N2OS.2C13H9BrN2OS.C13H10N2OS.C12H11NO2S.BrH/c1-15-13-8-11(17)10-7-12(18-14(10)16-13)9-5-3-2-4-6-9;1-7-15-12(17)9-10(14)11(18-13(9)16-7)8-5-3-2-4-6-8;14-11-10-8(17)6-9(15)16-13(10)18-12(11)7-4-2-1-3-5-7;14-12-7-10(16)9-6-11(17-13(9)15-12)8-4-2-1-3-5-8;1-15-12(14)9-7-10(16-11(9)13)8-5-3-2-4-6-8;/h2-7H,8H2,1H3,(H,15,16);2-6H,1H3,(H,15,16,17);1-5H,6H2,(H2,15,16);1-6H,7H2,(H2,14,15);2-7H,13H2,1H3;1H. The third-order valence-corrected chi connectivity index (χ3v) is 20.8. The Balaban J connectivity index is 0.000000131. The van der Waals surface area contributed by atoms with Gasteiger partial charge in [0.05, 0.1) is 68.2 Å². The van der Waals surface area contributed by atoms with Crippen molar-refractivity contribution in [3.8, 4) is 52.2 Å². The lowest BCUT2D eigenvalue weighted by Crippen LogP contribution is -2.22. The molecule has 0 fully saturated rings. The van der Waals surface area contributed by atoms with Crippen LogP contribution in [0.2, 0.25) is 0 Å². The van der Waals surface area contributed by atoms with Crippen LogP contribution in [0.5, 0.6) is 0 Å². The zero-order chi connectivity index (χ0) is 61.3. The van der Waals surface area contributed by atoms with Gasteiger partial charge in [-0.05, 0) is 84.8 Å². The summed E-state index contributed by atoms with van der Waals surface area (Å²) in [6.07, 6.45) is 0.809. The number of methoxy groups -OCH3 is 1. The number of aryl methyl sites for hydroxylation is 1. The fourth-order valence-electron chi connectivity index (χ4n) is 9.03. The molecule has 23 heteroatoms. The molecule has 9 heterocycles. The monoisotopic (exact) mass is 1450 g/mol. The normalized spacial score (nSPS) is 13.1. The van der Waals surface area contributed by atoms with Gasteiger partial charge in [0, 0.05) is 26.2 Å². The lowest BCUT2D eigenvalue weighted by Gasteiger charge is -2.13. The number of esters is 1. The van der Waals surface area contributed by atoms with Crippen LogP contribution >= 0.6 is 106 Å². The quantitative estimate of drug-likeness (QED) is 0.0979. The number of aromatic amines is 1. The number of nitrogen functional groups attached to an aromatic ring is 1. The van der Waals surface area contributed by atoms with Crippen LogP contribution in [-0.4, -0.2) is 65.0 Å². The maximum Gasteiger partial charge on any atom is 0.340 e. The van der Waals surface area contributed by atoms with Gasteiger partial charge >= 0.3 is 5.97 Å². The molecule has 11 aromatic rings. The molecular weight excluding hydrogens is 1400 g/mol. The fourth-order valence-corrected chi connectivity index (χ4v) is 16.4. The number of Topliss-reactive ketones (excluding diaryl/α,β-unsaturated/α-hetero) is 3. The molecule has 3 aliphatic rings. The number of ether oxygens (including phenoxy) is 1. The van der Waals surface area contributed by atoms with Gasteiger partial charge in [-0.15, -0.1) is 73.7 Å². The van der Waals surface area contributed by atoms with Crippen LogP contribution in [-0.2, 0) is 4.74 Å².